The summed E-state index contributed by atoms with van der Waals surface area (Å²) in [6.45, 7) is 5.62. The van der Waals surface area contributed by atoms with E-state index in [1.54, 1.807) is 18.2 Å². The van der Waals surface area contributed by atoms with Gasteiger partial charge in [0, 0.05) is 29.6 Å². The smallest absolute Gasteiger partial charge is 0.230 e. The summed E-state index contributed by atoms with van der Waals surface area (Å²) in [5.74, 6) is 0.540. The molecule has 0 fully saturated rings. The van der Waals surface area contributed by atoms with Gasteiger partial charge in [-0.3, -0.25) is 4.79 Å². The van der Waals surface area contributed by atoms with Crippen molar-refractivity contribution in [2.45, 2.75) is 19.8 Å². The lowest BCUT2D eigenvalue weighted by molar-refractivity contribution is -0.110. The Hall–Kier alpha value is -5.31. The van der Waals surface area contributed by atoms with E-state index < -0.39 is 5.82 Å². The number of ketones is 1. The molecule has 1 aliphatic carbocycles. The van der Waals surface area contributed by atoms with Crippen molar-refractivity contribution in [3.63, 3.8) is 0 Å². The molecule has 0 bridgehead atoms. The van der Waals surface area contributed by atoms with Crippen molar-refractivity contribution in [2.24, 2.45) is 4.99 Å². The number of anilines is 1. The van der Waals surface area contributed by atoms with E-state index in [1.165, 1.54) is 38.9 Å². The number of aromatic nitrogens is 2. The van der Waals surface area contributed by atoms with Crippen LogP contribution in [0.3, 0.4) is 0 Å². The molecule has 4 aromatic rings. The molecule has 0 aliphatic heterocycles. The molecule has 0 saturated heterocycles. The number of benzene rings is 3. The molecule has 1 aromatic heterocycles. The van der Waals surface area contributed by atoms with Crippen molar-refractivity contribution in [1.82, 2.24) is 9.97 Å². The largest absolute Gasteiger partial charge is 0.493 e. The molecular weight excluding hydrogens is 535 g/mol. The lowest BCUT2D eigenvalue weighted by Crippen LogP contribution is -2.23. The minimum atomic E-state index is -0.645. The monoisotopic (exact) mass is 564 g/mol. The molecule has 0 spiro atoms. The minimum absolute atomic E-state index is 0.0484. The summed E-state index contributed by atoms with van der Waals surface area (Å²) in [6, 6.07) is 17.2. The number of carbonyl (C=O) groups excluding carboxylic acids is 1. The van der Waals surface area contributed by atoms with Crippen LogP contribution < -0.4 is 19.5 Å². The third kappa shape index (κ3) is 5.76. The zero-order valence-electron chi connectivity index (χ0n) is 23.5. The van der Waals surface area contributed by atoms with Crippen LogP contribution in [0.5, 0.6) is 23.1 Å². The topological polar surface area (TPSA) is 94.9 Å². The van der Waals surface area contributed by atoms with Crippen LogP contribution in [0.2, 0.25) is 0 Å². The zero-order chi connectivity index (χ0) is 29.6. The van der Waals surface area contributed by atoms with E-state index in [2.05, 4.69) is 26.9 Å². The summed E-state index contributed by atoms with van der Waals surface area (Å²) >= 11 is 0. The van der Waals surface area contributed by atoms with Crippen LogP contribution in [-0.4, -0.2) is 35.8 Å². The molecule has 8 nitrogen and oxygen atoms in total. The third-order valence-corrected chi connectivity index (χ3v) is 6.81. The fourth-order valence-corrected chi connectivity index (χ4v) is 4.75. The Bertz CT molecular complexity index is 1760. The first-order chi connectivity index (χ1) is 20.4. The van der Waals surface area contributed by atoms with Crippen molar-refractivity contribution in [2.75, 3.05) is 19.5 Å². The van der Waals surface area contributed by atoms with Crippen molar-refractivity contribution in [3.05, 3.63) is 108 Å². The van der Waals surface area contributed by atoms with E-state index in [0.29, 0.717) is 52.1 Å². The molecule has 212 valence electrons. The first-order valence-corrected chi connectivity index (χ1v) is 13.2. The molecule has 42 heavy (non-hydrogen) atoms. The Balaban J connectivity index is 1.43. The number of fused-ring (bicyclic) bond motifs is 1. The number of ether oxygens (including phenoxy) is 3. The maximum atomic E-state index is 15.4. The summed E-state index contributed by atoms with van der Waals surface area (Å²) < 4.78 is 32.0. The summed E-state index contributed by atoms with van der Waals surface area (Å²) in [7, 11) is 3.04. The molecule has 5 rings (SSSR count). The van der Waals surface area contributed by atoms with Gasteiger partial charge in [-0.05, 0) is 43.5 Å². The van der Waals surface area contributed by atoms with Gasteiger partial charge < -0.3 is 19.5 Å². The number of Topliss-reactive ketones (excluding diaryl/α,β-unsaturated/α-hetero) is 1. The van der Waals surface area contributed by atoms with Crippen LogP contribution in [0.25, 0.3) is 16.5 Å². The number of hydrogen-bond donors (Lipinski definition) is 1. The first kappa shape index (κ1) is 28.2. The average molecular weight is 565 g/mol. The van der Waals surface area contributed by atoms with Gasteiger partial charge in [-0.1, -0.05) is 48.6 Å². The second-order valence-corrected chi connectivity index (χ2v) is 9.44. The predicted molar refractivity (Wildman–Crippen MR) is 162 cm³/mol. The minimum Gasteiger partial charge on any atom is -0.493 e. The lowest BCUT2D eigenvalue weighted by atomic mass is 9.94. The predicted octanol–water partition coefficient (Wildman–Crippen LogP) is 7.30. The maximum absolute atomic E-state index is 15.4. The number of methoxy groups -OCH3 is 2. The van der Waals surface area contributed by atoms with Crippen molar-refractivity contribution >= 4 is 33.8 Å². The van der Waals surface area contributed by atoms with Crippen molar-refractivity contribution in [3.8, 4) is 23.1 Å². The second kappa shape index (κ2) is 12.5. The Labute approximate surface area is 242 Å². The Morgan fingerprint density at radius 1 is 1.02 bits per heavy atom. The number of halogens is 1. The van der Waals surface area contributed by atoms with E-state index >= 15 is 4.39 Å². The van der Waals surface area contributed by atoms with E-state index in [0.717, 1.165) is 11.1 Å². The average Bonchev–Trinajstić information content (AvgIpc) is 3.15. The van der Waals surface area contributed by atoms with Crippen LogP contribution >= 0.6 is 0 Å². The number of nitrogens with zero attached hydrogens (tertiary/aromatic N) is 3. The number of allylic oxidation sites excluding steroid dienone is 3. The molecular formula is C33H29FN4O4. The molecule has 9 heteroatoms. The second-order valence-electron chi connectivity index (χ2n) is 9.44. The van der Waals surface area contributed by atoms with Gasteiger partial charge in [0.05, 0.1) is 30.7 Å². The SMILES string of the molecule is C=C/N=C(/Nc1ccc(Oc2ncnc3cc(OC)c(OC)cc23)c(F)c1)C1=C(C)CCC=C(c2ccccc2)C1=O. The van der Waals surface area contributed by atoms with Gasteiger partial charge in [0.2, 0.25) is 5.88 Å². The van der Waals surface area contributed by atoms with Gasteiger partial charge in [0.25, 0.3) is 0 Å². The van der Waals surface area contributed by atoms with Gasteiger partial charge >= 0.3 is 0 Å². The number of amidine groups is 1. The van der Waals surface area contributed by atoms with Gasteiger partial charge in [0.15, 0.2) is 28.8 Å². The molecule has 0 amide bonds. The fourth-order valence-electron chi connectivity index (χ4n) is 4.75. The van der Waals surface area contributed by atoms with Gasteiger partial charge in [0.1, 0.15) is 12.2 Å². The van der Waals surface area contributed by atoms with Crippen LogP contribution in [-0.2, 0) is 4.79 Å². The summed E-state index contributed by atoms with van der Waals surface area (Å²) in [4.78, 5) is 26.6. The quantitative estimate of drug-likeness (QED) is 0.177. The Kier molecular flexibility index (Phi) is 8.38. The molecule has 0 saturated carbocycles. The van der Waals surface area contributed by atoms with Gasteiger partial charge in [-0.15, -0.1) is 0 Å². The van der Waals surface area contributed by atoms with E-state index in [9.17, 15) is 4.79 Å². The normalized spacial score (nSPS) is 13.9. The Morgan fingerprint density at radius 2 is 1.79 bits per heavy atom. The number of nitrogens with one attached hydrogen (secondary N) is 1. The van der Waals surface area contributed by atoms with Gasteiger partial charge in [-0.2, -0.15) is 0 Å². The lowest BCUT2D eigenvalue weighted by Gasteiger charge is -2.16. The molecule has 0 atom stereocenters. The molecule has 1 N–H and O–H groups in total. The molecule has 1 heterocycles. The Morgan fingerprint density at radius 3 is 2.50 bits per heavy atom. The zero-order valence-corrected chi connectivity index (χ0v) is 23.5. The molecule has 3 aromatic carbocycles. The highest BCUT2D eigenvalue weighted by Crippen LogP contribution is 2.37. The highest BCUT2D eigenvalue weighted by Gasteiger charge is 2.26. The third-order valence-electron chi connectivity index (χ3n) is 6.81. The van der Waals surface area contributed by atoms with Crippen molar-refractivity contribution < 1.29 is 23.4 Å². The number of rotatable bonds is 8. The number of carbonyl (C=O) groups is 1. The molecule has 0 radical (unpaired) electrons. The van der Waals surface area contributed by atoms with Gasteiger partial charge in [-0.25, -0.2) is 19.4 Å². The molecule has 0 unspecified atom stereocenters. The number of hydrogen-bond acceptors (Lipinski definition) is 7. The van der Waals surface area contributed by atoms with Crippen LogP contribution in [0.1, 0.15) is 25.3 Å². The summed E-state index contributed by atoms with van der Waals surface area (Å²) in [6.07, 6.45) is 6.02. The van der Waals surface area contributed by atoms with Crippen LogP contribution in [0, 0.1) is 5.82 Å². The van der Waals surface area contributed by atoms with E-state index in [4.69, 9.17) is 14.2 Å². The number of aliphatic imine (C=N–C) groups is 1. The highest BCUT2D eigenvalue weighted by atomic mass is 19.1. The van der Waals surface area contributed by atoms with E-state index in [1.807, 2.05) is 43.3 Å². The van der Waals surface area contributed by atoms with E-state index in [-0.39, 0.29) is 23.2 Å². The standard InChI is InChI=1S/C33H29FN4O4/c1-5-35-32(30-20(2)10-9-13-23(31(30)39)21-11-7-6-8-12-21)38-22-14-15-27(25(34)16-22)42-33-24-17-28(40-3)29(41-4)18-26(24)36-19-37-33/h5-8,11-19H,1,9-10H2,2-4H3,(H,35,38). The fraction of sp³-hybridized carbons (Fsp3) is 0.152. The molecule has 1 aliphatic rings. The van der Waals surface area contributed by atoms with Crippen LogP contribution in [0.4, 0.5) is 10.1 Å². The maximum Gasteiger partial charge on any atom is 0.230 e. The summed E-state index contributed by atoms with van der Waals surface area (Å²) in [5.41, 5.74) is 3.65. The van der Waals surface area contributed by atoms with Crippen molar-refractivity contribution in [1.29, 1.82) is 0 Å². The first-order valence-electron chi connectivity index (χ1n) is 13.2. The highest BCUT2D eigenvalue weighted by molar-refractivity contribution is 6.41. The summed E-state index contributed by atoms with van der Waals surface area (Å²) in [5, 5.41) is 3.64. The van der Waals surface area contributed by atoms with Crippen LogP contribution in [0.15, 0.2) is 102 Å².